The van der Waals surface area contributed by atoms with Crippen molar-refractivity contribution in [2.45, 2.75) is 0 Å². The van der Waals surface area contributed by atoms with Gasteiger partial charge in [-0.1, -0.05) is 0 Å². The molecule has 0 unspecified atom stereocenters. The number of carbonyl (C=O) groups is 1. The number of amides is 1. The van der Waals surface area contributed by atoms with Crippen LogP contribution < -0.4 is 5.32 Å². The summed E-state index contributed by atoms with van der Waals surface area (Å²) in [5, 5.41) is 16.0. The molecule has 2 rings (SSSR count). The minimum atomic E-state index is 0.530. The molecule has 1 aromatic heterocycles. The molecule has 0 aliphatic rings. The number of hydrogen-bond acceptors (Lipinski definition) is 4. The van der Waals surface area contributed by atoms with Gasteiger partial charge in [-0.05, 0) is 29.5 Å². The molecule has 0 radical (unpaired) electrons. The number of benzene rings is 1. The second-order valence-electron chi connectivity index (χ2n) is 2.57. The molecule has 0 aliphatic heterocycles. The quantitative estimate of drug-likeness (QED) is 0.686. The van der Waals surface area contributed by atoms with E-state index in [4.69, 9.17) is 0 Å². The second kappa shape index (κ2) is 3.65. The first-order valence-electron chi connectivity index (χ1n) is 3.94. The molecule has 1 amide bonds. The van der Waals surface area contributed by atoms with Gasteiger partial charge in [-0.15, -0.1) is 10.2 Å². The van der Waals surface area contributed by atoms with Gasteiger partial charge in [0.05, 0.1) is 0 Å². The number of aromatic nitrogens is 4. The molecule has 0 fully saturated rings. The number of H-pyrrole nitrogens is 1. The number of carbonyl (C=O) groups excluding carboxylic acids is 1. The third-order valence-corrected chi connectivity index (χ3v) is 1.71. The molecule has 0 spiro atoms. The fraction of sp³-hybridized carbons (Fsp3) is 0. The lowest BCUT2D eigenvalue weighted by molar-refractivity contribution is -0.105. The van der Waals surface area contributed by atoms with Gasteiger partial charge >= 0.3 is 0 Å². The van der Waals surface area contributed by atoms with Crippen LogP contribution in [-0.2, 0) is 4.79 Å². The van der Waals surface area contributed by atoms with Crippen LogP contribution in [0.4, 0.5) is 5.69 Å². The summed E-state index contributed by atoms with van der Waals surface area (Å²) in [6, 6.07) is 7.13. The minimum Gasteiger partial charge on any atom is -0.329 e. The first-order valence-corrected chi connectivity index (χ1v) is 3.94. The van der Waals surface area contributed by atoms with E-state index in [2.05, 4.69) is 25.9 Å². The molecule has 2 N–H and O–H groups in total. The maximum atomic E-state index is 10.1. The lowest BCUT2D eigenvalue weighted by atomic mass is 10.2. The van der Waals surface area contributed by atoms with E-state index in [1.807, 2.05) is 0 Å². The SMILES string of the molecule is O=CNc1ccc(-c2nn[nH]n2)cc1. The Hall–Kier alpha value is -2.24. The van der Waals surface area contributed by atoms with E-state index in [0.717, 1.165) is 11.3 Å². The van der Waals surface area contributed by atoms with Crippen molar-refractivity contribution in [2.75, 3.05) is 5.32 Å². The van der Waals surface area contributed by atoms with Gasteiger partial charge in [0.15, 0.2) is 0 Å². The zero-order valence-electron chi connectivity index (χ0n) is 7.14. The molecule has 0 aliphatic carbocycles. The summed E-state index contributed by atoms with van der Waals surface area (Å²) >= 11 is 0. The predicted molar refractivity (Wildman–Crippen MR) is 49.3 cm³/mol. The first-order chi connectivity index (χ1) is 6.90. The van der Waals surface area contributed by atoms with Gasteiger partial charge in [-0.3, -0.25) is 4.79 Å². The molecule has 1 aromatic carbocycles. The van der Waals surface area contributed by atoms with Gasteiger partial charge in [0.25, 0.3) is 0 Å². The number of nitrogens with one attached hydrogen (secondary N) is 2. The van der Waals surface area contributed by atoms with Crippen LogP contribution in [0, 0.1) is 0 Å². The Balaban J connectivity index is 2.26. The van der Waals surface area contributed by atoms with Gasteiger partial charge in [0.2, 0.25) is 12.2 Å². The van der Waals surface area contributed by atoms with Crippen LogP contribution >= 0.6 is 0 Å². The zero-order valence-corrected chi connectivity index (χ0v) is 7.14. The van der Waals surface area contributed by atoms with E-state index < -0.39 is 0 Å². The average Bonchev–Trinajstić information content (AvgIpc) is 2.72. The Bertz CT molecular complexity index is 408. The van der Waals surface area contributed by atoms with Gasteiger partial charge in [-0.2, -0.15) is 5.21 Å². The highest BCUT2D eigenvalue weighted by atomic mass is 16.1. The Morgan fingerprint density at radius 1 is 1.29 bits per heavy atom. The number of anilines is 1. The maximum Gasteiger partial charge on any atom is 0.211 e. The van der Waals surface area contributed by atoms with E-state index in [9.17, 15) is 4.79 Å². The third kappa shape index (κ3) is 1.58. The molecular weight excluding hydrogens is 182 g/mol. The molecule has 14 heavy (non-hydrogen) atoms. The van der Waals surface area contributed by atoms with E-state index in [1.54, 1.807) is 24.3 Å². The highest BCUT2D eigenvalue weighted by Crippen LogP contribution is 2.15. The molecule has 0 bridgehead atoms. The van der Waals surface area contributed by atoms with E-state index >= 15 is 0 Å². The predicted octanol–water partition coefficient (Wildman–Crippen LogP) is 0.435. The number of hydrogen-bond donors (Lipinski definition) is 2. The lowest BCUT2D eigenvalue weighted by Crippen LogP contribution is -1.92. The van der Waals surface area contributed by atoms with E-state index in [-0.39, 0.29) is 0 Å². The summed E-state index contributed by atoms with van der Waals surface area (Å²) in [5.74, 6) is 0.530. The molecule has 0 saturated carbocycles. The zero-order chi connectivity index (χ0) is 9.80. The van der Waals surface area contributed by atoms with Crippen LogP contribution in [0.15, 0.2) is 24.3 Å². The second-order valence-corrected chi connectivity index (χ2v) is 2.57. The smallest absolute Gasteiger partial charge is 0.211 e. The van der Waals surface area contributed by atoms with Crippen LogP contribution in [0.2, 0.25) is 0 Å². The first kappa shape index (κ1) is 8.36. The maximum absolute atomic E-state index is 10.1. The highest BCUT2D eigenvalue weighted by Gasteiger charge is 2.01. The van der Waals surface area contributed by atoms with Crippen LogP contribution in [0.5, 0.6) is 0 Å². The van der Waals surface area contributed by atoms with Crippen LogP contribution in [0.3, 0.4) is 0 Å². The van der Waals surface area contributed by atoms with Gasteiger partial charge < -0.3 is 5.32 Å². The molecule has 70 valence electrons. The van der Waals surface area contributed by atoms with Crippen molar-refractivity contribution in [3.8, 4) is 11.4 Å². The topological polar surface area (TPSA) is 83.6 Å². The number of aromatic amines is 1. The molecular formula is C8H7N5O. The number of nitrogens with zero attached hydrogens (tertiary/aromatic N) is 3. The van der Waals surface area contributed by atoms with Gasteiger partial charge in [0.1, 0.15) is 0 Å². The highest BCUT2D eigenvalue weighted by molar-refractivity contribution is 5.72. The van der Waals surface area contributed by atoms with Crippen molar-refractivity contribution < 1.29 is 4.79 Å². The molecule has 2 aromatic rings. The van der Waals surface area contributed by atoms with Crippen molar-refractivity contribution in [1.29, 1.82) is 0 Å². The van der Waals surface area contributed by atoms with Crippen LogP contribution in [0.25, 0.3) is 11.4 Å². The Morgan fingerprint density at radius 3 is 2.64 bits per heavy atom. The van der Waals surface area contributed by atoms with Crippen LogP contribution in [0.1, 0.15) is 0 Å². The van der Waals surface area contributed by atoms with E-state index in [0.29, 0.717) is 12.2 Å². The molecule has 0 saturated heterocycles. The Morgan fingerprint density at radius 2 is 2.07 bits per heavy atom. The Kier molecular flexibility index (Phi) is 2.18. The van der Waals surface area contributed by atoms with Crippen molar-refractivity contribution in [3.05, 3.63) is 24.3 Å². The van der Waals surface area contributed by atoms with Crippen molar-refractivity contribution >= 4 is 12.1 Å². The summed E-state index contributed by atoms with van der Waals surface area (Å²) in [6.45, 7) is 0. The summed E-state index contributed by atoms with van der Waals surface area (Å²) in [4.78, 5) is 10.1. The molecule has 6 nitrogen and oxygen atoms in total. The summed E-state index contributed by atoms with van der Waals surface area (Å²) in [7, 11) is 0. The van der Waals surface area contributed by atoms with Crippen molar-refractivity contribution in [1.82, 2.24) is 20.6 Å². The van der Waals surface area contributed by atoms with Crippen molar-refractivity contribution in [2.24, 2.45) is 0 Å². The van der Waals surface area contributed by atoms with Gasteiger partial charge in [0, 0.05) is 11.3 Å². The summed E-state index contributed by atoms with van der Waals surface area (Å²) in [5.41, 5.74) is 1.57. The average molecular weight is 189 g/mol. The number of rotatable bonds is 3. The summed E-state index contributed by atoms with van der Waals surface area (Å²) < 4.78 is 0. The number of tetrazole rings is 1. The largest absolute Gasteiger partial charge is 0.329 e. The third-order valence-electron chi connectivity index (χ3n) is 1.71. The summed E-state index contributed by atoms with van der Waals surface area (Å²) in [6.07, 6.45) is 0.628. The lowest BCUT2D eigenvalue weighted by Gasteiger charge is -1.98. The molecule has 1 heterocycles. The Labute approximate surface area is 79.3 Å². The fourth-order valence-corrected chi connectivity index (χ4v) is 1.07. The van der Waals surface area contributed by atoms with Crippen molar-refractivity contribution in [3.63, 3.8) is 0 Å². The monoisotopic (exact) mass is 189 g/mol. The molecule has 6 heteroatoms. The van der Waals surface area contributed by atoms with Gasteiger partial charge in [-0.25, -0.2) is 0 Å². The normalized spacial score (nSPS) is 9.71. The van der Waals surface area contributed by atoms with E-state index in [1.165, 1.54) is 0 Å². The van der Waals surface area contributed by atoms with Crippen LogP contribution in [-0.4, -0.2) is 27.0 Å². The molecule has 0 atom stereocenters. The standard InChI is InChI=1S/C8H7N5O/c14-5-9-7-3-1-6(2-4-7)8-10-12-13-11-8/h1-5H,(H,9,14)(H,10,11,12,13). The minimum absolute atomic E-state index is 0.530. The fourth-order valence-electron chi connectivity index (χ4n) is 1.07.